The van der Waals surface area contributed by atoms with Gasteiger partial charge in [0, 0.05) is 5.02 Å². The van der Waals surface area contributed by atoms with Crippen LogP contribution in [0.4, 0.5) is 10.2 Å². The van der Waals surface area contributed by atoms with Crippen molar-refractivity contribution in [2.75, 3.05) is 5.73 Å². The summed E-state index contributed by atoms with van der Waals surface area (Å²) in [5.41, 5.74) is 6.90. The molecule has 0 aliphatic rings. The third kappa shape index (κ3) is 1.86. The Morgan fingerprint density at radius 1 is 1.44 bits per heavy atom. The lowest BCUT2D eigenvalue weighted by Gasteiger charge is -2.05. The van der Waals surface area contributed by atoms with E-state index in [4.69, 9.17) is 17.3 Å². The van der Waals surface area contributed by atoms with E-state index in [1.807, 2.05) is 6.92 Å². The van der Waals surface area contributed by atoms with E-state index in [1.165, 1.54) is 16.8 Å². The van der Waals surface area contributed by atoms with Gasteiger partial charge >= 0.3 is 0 Å². The lowest BCUT2D eigenvalue weighted by Crippen LogP contribution is -2.03. The van der Waals surface area contributed by atoms with Gasteiger partial charge in [-0.25, -0.2) is 9.07 Å². The number of nitrogen functional groups attached to an aromatic ring is 1. The van der Waals surface area contributed by atoms with Crippen molar-refractivity contribution in [1.29, 1.82) is 0 Å². The third-order valence-electron chi connectivity index (χ3n) is 2.22. The fraction of sp³-hybridized carbons (Fsp3) is 0.200. The summed E-state index contributed by atoms with van der Waals surface area (Å²) in [4.78, 5) is 0. The van der Waals surface area contributed by atoms with Gasteiger partial charge in [0.1, 0.15) is 5.82 Å². The van der Waals surface area contributed by atoms with Gasteiger partial charge in [-0.05, 0) is 24.6 Å². The van der Waals surface area contributed by atoms with Crippen molar-refractivity contribution in [3.05, 3.63) is 34.7 Å². The van der Waals surface area contributed by atoms with E-state index in [1.54, 1.807) is 6.07 Å². The first-order valence-corrected chi connectivity index (χ1v) is 5.16. The second-order valence-corrected chi connectivity index (χ2v) is 3.75. The highest BCUT2D eigenvalue weighted by Gasteiger charge is 2.11. The third-order valence-corrected chi connectivity index (χ3v) is 2.44. The lowest BCUT2D eigenvalue weighted by molar-refractivity contribution is 0.624. The fourth-order valence-electron chi connectivity index (χ4n) is 1.51. The van der Waals surface area contributed by atoms with Crippen LogP contribution in [-0.2, 0) is 6.42 Å². The normalized spacial score (nSPS) is 10.7. The zero-order chi connectivity index (χ0) is 11.7. The van der Waals surface area contributed by atoms with Crippen LogP contribution in [0.2, 0.25) is 5.02 Å². The van der Waals surface area contributed by atoms with Crippen LogP contribution in [0.1, 0.15) is 12.6 Å². The highest BCUT2D eigenvalue weighted by molar-refractivity contribution is 6.30. The summed E-state index contributed by atoms with van der Waals surface area (Å²) in [5, 5.41) is 7.91. The molecular weight excluding hydrogens is 231 g/mol. The predicted molar refractivity (Wildman–Crippen MR) is 60.1 cm³/mol. The maximum atomic E-state index is 13.2. The minimum atomic E-state index is -0.418. The van der Waals surface area contributed by atoms with Crippen LogP contribution < -0.4 is 5.73 Å². The highest BCUT2D eigenvalue weighted by atomic mass is 35.5. The van der Waals surface area contributed by atoms with Crippen molar-refractivity contribution in [3.63, 3.8) is 0 Å². The molecule has 4 nitrogen and oxygen atoms in total. The SMILES string of the molecule is CCc1c(N)nnn1-c1cc(F)cc(Cl)c1. The second kappa shape index (κ2) is 4.09. The Morgan fingerprint density at radius 2 is 2.19 bits per heavy atom. The number of aromatic nitrogens is 3. The summed E-state index contributed by atoms with van der Waals surface area (Å²) in [6, 6.07) is 4.17. The number of nitrogens with zero attached hydrogens (tertiary/aromatic N) is 3. The monoisotopic (exact) mass is 240 g/mol. The van der Waals surface area contributed by atoms with Crippen LogP contribution in [0.3, 0.4) is 0 Å². The molecule has 0 fully saturated rings. The summed E-state index contributed by atoms with van der Waals surface area (Å²) in [7, 11) is 0. The number of rotatable bonds is 2. The van der Waals surface area contributed by atoms with Gasteiger partial charge < -0.3 is 5.73 Å². The van der Waals surface area contributed by atoms with Crippen molar-refractivity contribution < 1.29 is 4.39 Å². The molecule has 0 spiro atoms. The Bertz CT molecular complexity index is 503. The quantitative estimate of drug-likeness (QED) is 0.876. The molecule has 84 valence electrons. The molecule has 1 heterocycles. The van der Waals surface area contributed by atoms with E-state index in [2.05, 4.69) is 10.3 Å². The molecule has 0 unspecified atom stereocenters. The Kier molecular flexibility index (Phi) is 2.78. The molecule has 0 atom stereocenters. The molecule has 2 rings (SSSR count). The lowest BCUT2D eigenvalue weighted by atomic mass is 10.3. The second-order valence-electron chi connectivity index (χ2n) is 3.31. The summed E-state index contributed by atoms with van der Waals surface area (Å²) in [6.07, 6.45) is 0.660. The van der Waals surface area contributed by atoms with Crippen molar-refractivity contribution >= 4 is 17.4 Å². The smallest absolute Gasteiger partial charge is 0.169 e. The Hall–Kier alpha value is -1.62. The molecule has 0 saturated carbocycles. The van der Waals surface area contributed by atoms with Crippen molar-refractivity contribution in [2.45, 2.75) is 13.3 Å². The molecular formula is C10H10ClFN4. The van der Waals surface area contributed by atoms with Crippen LogP contribution in [0.25, 0.3) is 5.69 Å². The van der Waals surface area contributed by atoms with Crippen LogP contribution in [0, 0.1) is 5.82 Å². The van der Waals surface area contributed by atoms with E-state index in [0.29, 0.717) is 22.9 Å². The van der Waals surface area contributed by atoms with Gasteiger partial charge in [-0.1, -0.05) is 23.7 Å². The van der Waals surface area contributed by atoms with E-state index in [-0.39, 0.29) is 0 Å². The maximum absolute atomic E-state index is 13.2. The van der Waals surface area contributed by atoms with Crippen molar-refractivity contribution in [1.82, 2.24) is 15.0 Å². The van der Waals surface area contributed by atoms with E-state index >= 15 is 0 Å². The van der Waals surface area contributed by atoms with Crippen molar-refractivity contribution in [2.24, 2.45) is 0 Å². The standard InChI is InChI=1S/C10H10ClFN4/c1-2-9-10(13)14-15-16(9)8-4-6(11)3-7(12)5-8/h3-5H,2,13H2,1H3. The first kappa shape index (κ1) is 10.9. The zero-order valence-electron chi connectivity index (χ0n) is 8.61. The number of benzene rings is 1. The number of nitrogens with two attached hydrogens (primary N) is 1. The van der Waals surface area contributed by atoms with Gasteiger partial charge in [-0.2, -0.15) is 0 Å². The van der Waals surface area contributed by atoms with Gasteiger partial charge in [0.25, 0.3) is 0 Å². The Morgan fingerprint density at radius 3 is 2.81 bits per heavy atom. The number of halogens is 2. The fourth-order valence-corrected chi connectivity index (χ4v) is 1.73. The molecule has 0 amide bonds. The molecule has 0 saturated heterocycles. The van der Waals surface area contributed by atoms with Crippen molar-refractivity contribution in [3.8, 4) is 5.69 Å². The van der Waals surface area contributed by atoms with Crippen LogP contribution >= 0.6 is 11.6 Å². The molecule has 0 bridgehead atoms. The number of hydrogen-bond acceptors (Lipinski definition) is 3. The average Bonchev–Trinajstić information content (AvgIpc) is 2.58. The minimum absolute atomic E-state index is 0.311. The van der Waals surface area contributed by atoms with Gasteiger partial charge in [0.05, 0.1) is 11.4 Å². The zero-order valence-corrected chi connectivity index (χ0v) is 9.37. The largest absolute Gasteiger partial charge is 0.381 e. The molecule has 1 aromatic heterocycles. The summed E-state index contributed by atoms with van der Waals surface area (Å²) in [6.45, 7) is 1.92. The molecule has 2 aromatic rings. The molecule has 0 radical (unpaired) electrons. The molecule has 1 aromatic carbocycles. The topological polar surface area (TPSA) is 56.7 Å². The van der Waals surface area contributed by atoms with E-state index in [0.717, 1.165) is 5.69 Å². The Labute approximate surface area is 96.8 Å². The molecule has 16 heavy (non-hydrogen) atoms. The molecule has 2 N–H and O–H groups in total. The molecule has 6 heteroatoms. The minimum Gasteiger partial charge on any atom is -0.381 e. The van der Waals surface area contributed by atoms with Gasteiger partial charge in [-0.3, -0.25) is 0 Å². The summed E-state index contributed by atoms with van der Waals surface area (Å²) < 4.78 is 14.7. The average molecular weight is 241 g/mol. The number of anilines is 1. The summed E-state index contributed by atoms with van der Waals surface area (Å²) >= 11 is 5.77. The van der Waals surface area contributed by atoms with Crippen LogP contribution in [0.15, 0.2) is 18.2 Å². The maximum Gasteiger partial charge on any atom is 0.169 e. The van der Waals surface area contributed by atoms with Gasteiger partial charge in [0.2, 0.25) is 0 Å². The number of hydrogen-bond donors (Lipinski definition) is 1. The van der Waals surface area contributed by atoms with Gasteiger partial charge in [0.15, 0.2) is 5.82 Å². The summed E-state index contributed by atoms with van der Waals surface area (Å²) in [5.74, 6) is -0.0680. The van der Waals surface area contributed by atoms with Crippen LogP contribution in [-0.4, -0.2) is 15.0 Å². The highest BCUT2D eigenvalue weighted by Crippen LogP contribution is 2.20. The van der Waals surface area contributed by atoms with Gasteiger partial charge in [-0.15, -0.1) is 5.10 Å². The predicted octanol–water partition coefficient (Wildman–Crippen LogP) is 2.20. The van der Waals surface area contributed by atoms with E-state index in [9.17, 15) is 4.39 Å². The Balaban J connectivity index is 2.58. The molecule has 0 aliphatic carbocycles. The first-order chi connectivity index (χ1) is 7.61. The van der Waals surface area contributed by atoms with Crippen LogP contribution in [0.5, 0.6) is 0 Å². The molecule has 0 aliphatic heterocycles. The first-order valence-electron chi connectivity index (χ1n) is 4.78. The van der Waals surface area contributed by atoms with E-state index < -0.39 is 5.82 Å².